The largest absolute Gasteiger partial charge is 0.507 e. The fourth-order valence-electron chi connectivity index (χ4n) is 13.4. The number of piperidine rings is 2. The highest BCUT2D eigenvalue weighted by Gasteiger charge is 2.45. The maximum atomic E-state index is 14.4. The fraction of sp³-hybridized carbons (Fsp3) is 0.516. The van der Waals surface area contributed by atoms with E-state index < -0.39 is 18.1 Å². The summed E-state index contributed by atoms with van der Waals surface area (Å²) in [6, 6.07) is 22.8. The number of hydrogen-bond acceptors (Lipinski definition) is 19. The van der Waals surface area contributed by atoms with Gasteiger partial charge in [0.15, 0.2) is 17.4 Å². The number of aromatic nitrogens is 5. The van der Waals surface area contributed by atoms with E-state index in [2.05, 4.69) is 62.4 Å². The number of nitrogens with two attached hydrogens (primary N) is 1. The van der Waals surface area contributed by atoms with Gasteiger partial charge in [-0.2, -0.15) is 0 Å². The number of ether oxygens (including phenoxy) is 2. The van der Waals surface area contributed by atoms with E-state index in [4.69, 9.17) is 29.6 Å². The average Bonchev–Trinajstić information content (AvgIpc) is 4.05. The number of fused-ring (bicyclic) bond motifs is 2. The summed E-state index contributed by atoms with van der Waals surface area (Å²) >= 11 is 1.60. The number of aliphatic hydroxyl groups is 1. The number of nitrogens with zero attached hydrogens (tertiary/aromatic N) is 10. The lowest BCUT2D eigenvalue weighted by Crippen LogP contribution is -2.54. The molecule has 6 aromatic rings. The lowest BCUT2D eigenvalue weighted by Gasteiger charge is -2.43. The number of carbonyl (C=O) groups excluding carboxylic acids is 2. The number of nitrogens with one attached hydrogen (secondary N) is 1. The van der Waals surface area contributed by atoms with Gasteiger partial charge >= 0.3 is 0 Å². The first-order valence-electron chi connectivity index (χ1n) is 29.7. The minimum Gasteiger partial charge on any atom is -0.507 e. The number of carboxylic acid groups (broad SMARTS) is 1. The van der Waals surface area contributed by atoms with Crippen LogP contribution in [0.4, 0.5) is 23.0 Å². The molecule has 2 bridgehead atoms. The molecule has 2 unspecified atom stereocenters. The number of likely N-dealkylation sites (tertiary alicyclic amines) is 2. The monoisotopic (exact) mass is 1170 g/mol. The Labute approximate surface area is 494 Å². The number of para-hydroxylation sites is 1. The number of phenols is 1. The van der Waals surface area contributed by atoms with Crippen molar-refractivity contribution in [2.45, 2.75) is 140 Å². The van der Waals surface area contributed by atoms with E-state index in [9.17, 15) is 19.8 Å². The van der Waals surface area contributed by atoms with Crippen LogP contribution in [0, 0.1) is 18.8 Å². The highest BCUT2D eigenvalue weighted by atomic mass is 32.1. The summed E-state index contributed by atoms with van der Waals surface area (Å²) in [6.45, 7) is 14.2. The molecule has 21 nitrogen and oxygen atoms in total. The molecule has 12 rings (SSSR count). The number of aliphatic hydroxyl groups excluding tert-OH is 1. The van der Waals surface area contributed by atoms with Gasteiger partial charge in [0.05, 0.1) is 51.8 Å². The van der Waals surface area contributed by atoms with Crippen LogP contribution in [-0.2, 0) is 19.1 Å². The van der Waals surface area contributed by atoms with Crippen molar-refractivity contribution in [2.24, 2.45) is 11.8 Å². The predicted octanol–water partition coefficient (Wildman–Crippen LogP) is 7.69. The Hall–Kier alpha value is -7.40. The number of carbonyl (C=O) groups is 3. The Balaban J connectivity index is 0.00000240. The van der Waals surface area contributed by atoms with E-state index in [-0.39, 0.29) is 67.3 Å². The van der Waals surface area contributed by atoms with Crippen molar-refractivity contribution in [1.29, 1.82) is 0 Å². The molecule has 2 amide bonds. The van der Waals surface area contributed by atoms with Crippen molar-refractivity contribution in [1.82, 2.24) is 40.4 Å². The van der Waals surface area contributed by atoms with Crippen molar-refractivity contribution in [3.63, 3.8) is 0 Å². The van der Waals surface area contributed by atoms with Crippen LogP contribution >= 0.6 is 11.3 Å². The number of nitrogen functional groups attached to an aromatic ring is 1. The minimum absolute atomic E-state index is 0.0845. The Morgan fingerprint density at radius 3 is 2.27 bits per heavy atom. The lowest BCUT2D eigenvalue weighted by molar-refractivity contribution is -0.141. The van der Waals surface area contributed by atoms with Gasteiger partial charge in [-0.05, 0) is 99.6 Å². The smallest absolute Gasteiger partial charge is 0.290 e. The number of anilines is 4. The van der Waals surface area contributed by atoms with Crippen LogP contribution < -0.4 is 30.5 Å². The van der Waals surface area contributed by atoms with Gasteiger partial charge in [0.2, 0.25) is 17.7 Å². The van der Waals surface area contributed by atoms with Crippen LogP contribution in [0.1, 0.15) is 108 Å². The Kier molecular flexibility index (Phi) is 18.0. The molecular formula is C62H78N12O9S. The molecule has 5 saturated heterocycles. The summed E-state index contributed by atoms with van der Waals surface area (Å²) in [4.78, 5) is 58.0. The van der Waals surface area contributed by atoms with Gasteiger partial charge in [0, 0.05) is 113 Å². The topological polar surface area (TPSA) is 262 Å². The molecule has 6 fully saturated rings. The second kappa shape index (κ2) is 25.8. The van der Waals surface area contributed by atoms with Crippen LogP contribution in [0.5, 0.6) is 11.6 Å². The lowest BCUT2D eigenvalue weighted by atomic mass is 9.91. The van der Waals surface area contributed by atoms with E-state index in [1.54, 1.807) is 23.5 Å². The molecule has 6 atom stereocenters. The molecule has 6 N–H and O–H groups in total. The molecule has 9 heterocycles. The number of β-amino-alcohol motifs (C(OH)–C–C–N with tert-alkyl or cyclic N) is 1. The second-order valence-corrected chi connectivity index (χ2v) is 24.8. The standard InChI is InChI=1S/C61H76N12O7S.CH2O2/c1-36(2)57(61(77)72-34-45(74)26-52(72)60(76)65-37(3)40-9-11-41(12-10-40)58-38(4)64-35-81-58)54-30-55(68-80-54)70-23-16-39(17-24-70)31-69-21-18-46(19-22-69)78-47-27-48(28-47)79-56-25-42(15-20-63-56)73-43-13-14-44(73)33-71(32-43)51-29-50(66-67-59(51)62)49-7-5-6-8-53(49)75;2-1-3/h5-12,15,20,25,29-30,35-37,39,43-48,52,57,74-75H,13-14,16-19,21-24,26-28,31-34H2,1-4H3,(H2,62,67)(H,65,76);1H,(H,2,3)/t37-,43?,44?,45+,47?,48?,52-,57+;/m0./s1. The zero-order chi connectivity index (χ0) is 58.6. The van der Waals surface area contributed by atoms with Gasteiger partial charge in [-0.25, -0.2) is 9.97 Å². The fourth-order valence-corrected chi connectivity index (χ4v) is 14.2. The number of hydrogen-bond donors (Lipinski definition) is 5. The first-order valence-corrected chi connectivity index (χ1v) is 30.6. The Morgan fingerprint density at radius 1 is 0.857 bits per heavy atom. The molecule has 0 spiro atoms. The zero-order valence-corrected chi connectivity index (χ0v) is 49.1. The normalized spacial score (nSPS) is 23.6. The van der Waals surface area contributed by atoms with Gasteiger partial charge in [0.25, 0.3) is 6.47 Å². The van der Waals surface area contributed by atoms with E-state index >= 15 is 0 Å². The highest BCUT2D eigenvalue weighted by Crippen LogP contribution is 2.41. The van der Waals surface area contributed by atoms with Crippen LogP contribution in [0.3, 0.4) is 0 Å². The summed E-state index contributed by atoms with van der Waals surface area (Å²) in [6.07, 6.45) is 9.84. The SMILES string of the molecule is Cc1ncsc1-c1ccc([C@H](C)NC(=O)[C@@H]2C[C@@H](O)CN2C(=O)[C@@H](c2cc(N3CCC(CN4CCC(OC5CC(Oc6cc(N7C8CCC7CN(c7cc(-c9ccccc9O)nnc7N)C8)ccn6)C5)CC4)CC3)no2)C(C)C)cc1.O=CO. The van der Waals surface area contributed by atoms with Crippen molar-refractivity contribution in [3.8, 4) is 33.3 Å². The molecule has 84 heavy (non-hydrogen) atoms. The van der Waals surface area contributed by atoms with Gasteiger partial charge in [-0.3, -0.25) is 14.4 Å². The number of aryl methyl sites for hydroxylation is 1. The molecule has 1 aliphatic carbocycles. The first kappa shape index (κ1) is 58.4. The average molecular weight is 1170 g/mol. The third kappa shape index (κ3) is 13.0. The molecule has 22 heteroatoms. The number of phenolic OH excluding ortho intramolecular Hbond substituents is 1. The van der Waals surface area contributed by atoms with Crippen LogP contribution in [0.25, 0.3) is 21.7 Å². The summed E-state index contributed by atoms with van der Waals surface area (Å²) in [5, 5.41) is 44.3. The molecule has 446 valence electrons. The zero-order valence-electron chi connectivity index (χ0n) is 48.3. The van der Waals surface area contributed by atoms with Crippen LogP contribution in [0.2, 0.25) is 0 Å². The molecular weight excluding hydrogens is 1090 g/mol. The van der Waals surface area contributed by atoms with Crippen molar-refractivity contribution < 1.29 is 43.7 Å². The van der Waals surface area contributed by atoms with Crippen LogP contribution in [-0.4, -0.2) is 164 Å². The summed E-state index contributed by atoms with van der Waals surface area (Å²) < 4.78 is 19.1. The van der Waals surface area contributed by atoms with E-state index in [0.29, 0.717) is 46.7 Å². The number of thiazole rings is 1. The maximum absolute atomic E-state index is 14.4. The molecule has 5 aliphatic heterocycles. The van der Waals surface area contributed by atoms with E-state index in [0.717, 1.165) is 136 Å². The summed E-state index contributed by atoms with van der Waals surface area (Å²) in [5.41, 5.74) is 14.5. The number of rotatable bonds is 17. The number of amides is 2. The minimum atomic E-state index is -0.803. The first-order chi connectivity index (χ1) is 40.7. The van der Waals surface area contributed by atoms with Crippen molar-refractivity contribution >= 4 is 52.6 Å². The third-order valence-electron chi connectivity index (χ3n) is 17.9. The predicted molar refractivity (Wildman–Crippen MR) is 320 cm³/mol. The Bertz CT molecular complexity index is 3200. The second-order valence-electron chi connectivity index (χ2n) is 23.9. The summed E-state index contributed by atoms with van der Waals surface area (Å²) in [5.74, 6) is 1.72. The number of aromatic hydroxyl groups is 1. The molecule has 2 aromatic carbocycles. The number of piperazine rings is 1. The van der Waals surface area contributed by atoms with Gasteiger partial charge < -0.3 is 64.9 Å². The van der Waals surface area contributed by atoms with Crippen molar-refractivity contribution in [3.05, 3.63) is 102 Å². The molecule has 6 aliphatic rings. The van der Waals surface area contributed by atoms with E-state index in [1.165, 1.54) is 4.90 Å². The van der Waals surface area contributed by atoms with Gasteiger partial charge in [-0.1, -0.05) is 55.4 Å². The third-order valence-corrected chi connectivity index (χ3v) is 18.9. The van der Waals surface area contributed by atoms with E-state index in [1.807, 2.05) is 87.9 Å². The molecule has 4 aromatic heterocycles. The van der Waals surface area contributed by atoms with Gasteiger partial charge in [0.1, 0.15) is 23.8 Å². The van der Waals surface area contributed by atoms with Crippen LogP contribution in [0.15, 0.2) is 89.0 Å². The van der Waals surface area contributed by atoms with Crippen molar-refractivity contribution in [2.75, 3.05) is 72.8 Å². The molecule has 1 saturated carbocycles. The Morgan fingerprint density at radius 2 is 1.58 bits per heavy atom. The quantitative estimate of drug-likeness (QED) is 0.0548. The van der Waals surface area contributed by atoms with Gasteiger partial charge in [-0.15, -0.1) is 21.5 Å². The highest BCUT2D eigenvalue weighted by molar-refractivity contribution is 7.13. The number of pyridine rings is 1. The maximum Gasteiger partial charge on any atom is 0.290 e. The number of benzene rings is 2. The molecule has 0 radical (unpaired) electrons. The summed E-state index contributed by atoms with van der Waals surface area (Å²) in [7, 11) is 0.